The summed E-state index contributed by atoms with van der Waals surface area (Å²) in [6.45, 7) is 4.00. The molecule has 0 amide bonds. The van der Waals surface area contributed by atoms with Crippen molar-refractivity contribution < 1.29 is 0 Å². The molecule has 0 unspecified atom stereocenters. The molecule has 124 valence electrons. The zero-order chi connectivity index (χ0) is 16.2. The van der Waals surface area contributed by atoms with E-state index in [2.05, 4.69) is 67.2 Å². The molecule has 0 bridgehead atoms. The van der Waals surface area contributed by atoms with Gasteiger partial charge in [-0.05, 0) is 31.0 Å². The van der Waals surface area contributed by atoms with Crippen LogP contribution in [0.2, 0.25) is 0 Å². The summed E-state index contributed by atoms with van der Waals surface area (Å²) in [6.07, 6.45) is 8.30. The van der Waals surface area contributed by atoms with Gasteiger partial charge in [-0.1, -0.05) is 30.3 Å². The summed E-state index contributed by atoms with van der Waals surface area (Å²) >= 11 is 0. The Labute approximate surface area is 142 Å². The number of hydrogen-bond acceptors (Lipinski definition) is 3. The van der Waals surface area contributed by atoms with E-state index in [0.717, 1.165) is 32.0 Å². The van der Waals surface area contributed by atoms with Crippen LogP contribution in [0.15, 0.2) is 55.0 Å². The molecule has 1 saturated heterocycles. The van der Waals surface area contributed by atoms with E-state index in [0.29, 0.717) is 5.92 Å². The molecular formula is C19H23N5. The van der Waals surface area contributed by atoms with E-state index in [9.17, 15) is 0 Å². The molecule has 0 saturated carbocycles. The van der Waals surface area contributed by atoms with Gasteiger partial charge < -0.3 is 4.57 Å². The lowest BCUT2D eigenvalue weighted by Crippen LogP contribution is -2.34. The molecule has 3 aromatic rings. The van der Waals surface area contributed by atoms with Crippen LogP contribution in [0.4, 0.5) is 0 Å². The summed E-state index contributed by atoms with van der Waals surface area (Å²) in [5.74, 6) is 1.70. The Morgan fingerprint density at radius 2 is 2.00 bits per heavy atom. The highest BCUT2D eigenvalue weighted by Crippen LogP contribution is 2.26. The lowest BCUT2D eigenvalue weighted by molar-refractivity contribution is 0.192. The third-order valence-electron chi connectivity index (χ3n) is 4.83. The molecule has 3 heterocycles. The summed E-state index contributed by atoms with van der Waals surface area (Å²) in [5.41, 5.74) is 2.57. The second-order valence-corrected chi connectivity index (χ2v) is 6.54. The monoisotopic (exact) mass is 321 g/mol. The molecule has 24 heavy (non-hydrogen) atoms. The minimum absolute atomic E-state index is 0.554. The molecule has 0 radical (unpaired) electrons. The molecule has 5 nitrogen and oxygen atoms in total. The molecule has 2 aromatic heterocycles. The Morgan fingerprint density at radius 1 is 1.08 bits per heavy atom. The van der Waals surface area contributed by atoms with Gasteiger partial charge in [0.05, 0.1) is 6.54 Å². The van der Waals surface area contributed by atoms with Gasteiger partial charge in [-0.3, -0.25) is 10.00 Å². The zero-order valence-corrected chi connectivity index (χ0v) is 13.8. The van der Waals surface area contributed by atoms with Crippen molar-refractivity contribution in [3.63, 3.8) is 0 Å². The fraction of sp³-hybridized carbons (Fsp3) is 0.368. The average Bonchev–Trinajstić information content (AvgIpc) is 3.29. The van der Waals surface area contributed by atoms with E-state index in [1.807, 2.05) is 12.4 Å². The number of nitrogens with one attached hydrogen (secondary N) is 1. The van der Waals surface area contributed by atoms with Crippen molar-refractivity contribution in [1.82, 2.24) is 24.6 Å². The van der Waals surface area contributed by atoms with Crippen LogP contribution in [0.1, 0.15) is 35.8 Å². The van der Waals surface area contributed by atoms with Gasteiger partial charge in [0.15, 0.2) is 0 Å². The second-order valence-electron chi connectivity index (χ2n) is 6.54. The first-order valence-corrected chi connectivity index (χ1v) is 8.64. The van der Waals surface area contributed by atoms with Crippen LogP contribution in [-0.2, 0) is 13.1 Å². The van der Waals surface area contributed by atoms with E-state index in [1.54, 1.807) is 0 Å². The first kappa shape index (κ1) is 15.1. The van der Waals surface area contributed by atoms with Crippen molar-refractivity contribution in [2.75, 3.05) is 13.1 Å². The van der Waals surface area contributed by atoms with Crippen LogP contribution < -0.4 is 0 Å². The summed E-state index contributed by atoms with van der Waals surface area (Å²) in [5, 5.41) is 7.23. The fourth-order valence-corrected chi connectivity index (χ4v) is 3.56. The molecule has 1 fully saturated rings. The number of nitrogens with zero attached hydrogens (tertiary/aromatic N) is 4. The Kier molecular flexibility index (Phi) is 4.42. The number of piperidine rings is 1. The van der Waals surface area contributed by atoms with Crippen LogP contribution in [0.25, 0.3) is 0 Å². The predicted octanol–water partition coefficient (Wildman–Crippen LogP) is 3.03. The Hall–Kier alpha value is -2.40. The first-order chi connectivity index (χ1) is 11.9. The number of aromatic amines is 1. The molecular weight excluding hydrogens is 298 g/mol. The number of hydrogen-bond donors (Lipinski definition) is 1. The lowest BCUT2D eigenvalue weighted by atomic mass is 9.95. The van der Waals surface area contributed by atoms with Crippen molar-refractivity contribution in [3.05, 3.63) is 72.1 Å². The summed E-state index contributed by atoms with van der Waals surface area (Å²) in [4.78, 5) is 7.11. The van der Waals surface area contributed by atoms with Crippen molar-refractivity contribution in [2.45, 2.75) is 31.8 Å². The molecule has 4 rings (SSSR count). The van der Waals surface area contributed by atoms with Crippen molar-refractivity contribution >= 4 is 0 Å². The van der Waals surface area contributed by atoms with E-state index in [4.69, 9.17) is 0 Å². The van der Waals surface area contributed by atoms with Crippen LogP contribution in [0.5, 0.6) is 0 Å². The van der Waals surface area contributed by atoms with Gasteiger partial charge in [-0.2, -0.15) is 5.10 Å². The number of H-pyrrole nitrogens is 1. The van der Waals surface area contributed by atoms with E-state index < -0.39 is 0 Å². The highest BCUT2D eigenvalue weighted by Gasteiger charge is 2.23. The Bertz CT molecular complexity index is 747. The van der Waals surface area contributed by atoms with Gasteiger partial charge in [0.1, 0.15) is 5.82 Å². The number of imidazole rings is 1. The summed E-state index contributed by atoms with van der Waals surface area (Å²) in [7, 11) is 0. The molecule has 1 aliphatic heterocycles. The molecule has 0 spiro atoms. The maximum Gasteiger partial charge on any atom is 0.123 e. The average molecular weight is 321 g/mol. The summed E-state index contributed by atoms with van der Waals surface area (Å²) in [6, 6.07) is 12.7. The molecule has 1 aromatic carbocycles. The third kappa shape index (κ3) is 3.41. The fourth-order valence-electron chi connectivity index (χ4n) is 3.56. The second kappa shape index (κ2) is 7.01. The van der Waals surface area contributed by atoms with Crippen molar-refractivity contribution in [3.8, 4) is 0 Å². The topological polar surface area (TPSA) is 49.7 Å². The van der Waals surface area contributed by atoms with Gasteiger partial charge in [-0.25, -0.2) is 4.98 Å². The standard InChI is InChI=1S/C19H23N5/c1-2-5-16(6-3-1)13-24-12-10-20-19(24)15-23-11-4-7-17(14-23)18-8-9-21-22-18/h1-3,5-6,8-10,12,17H,4,7,11,13-15H2,(H,21,22)/t17-/m0/s1. The maximum atomic E-state index is 4.60. The highest BCUT2D eigenvalue weighted by atomic mass is 15.2. The first-order valence-electron chi connectivity index (χ1n) is 8.64. The predicted molar refractivity (Wildman–Crippen MR) is 93.6 cm³/mol. The zero-order valence-electron chi connectivity index (χ0n) is 13.8. The van der Waals surface area contributed by atoms with Crippen LogP contribution in [-0.4, -0.2) is 37.7 Å². The highest BCUT2D eigenvalue weighted by molar-refractivity contribution is 5.16. The molecule has 0 aliphatic carbocycles. The summed E-state index contributed by atoms with van der Waals surface area (Å²) < 4.78 is 2.26. The molecule has 1 aliphatic rings. The van der Waals surface area contributed by atoms with Crippen LogP contribution >= 0.6 is 0 Å². The van der Waals surface area contributed by atoms with E-state index in [-0.39, 0.29) is 0 Å². The number of likely N-dealkylation sites (tertiary alicyclic amines) is 1. The normalized spacial score (nSPS) is 18.8. The van der Waals surface area contributed by atoms with Crippen LogP contribution in [0.3, 0.4) is 0 Å². The van der Waals surface area contributed by atoms with Crippen molar-refractivity contribution in [2.24, 2.45) is 0 Å². The lowest BCUT2D eigenvalue weighted by Gasteiger charge is -2.32. The minimum atomic E-state index is 0.554. The van der Waals surface area contributed by atoms with E-state index in [1.165, 1.54) is 24.1 Å². The van der Waals surface area contributed by atoms with Gasteiger partial charge in [0.25, 0.3) is 0 Å². The van der Waals surface area contributed by atoms with Gasteiger partial charge in [0, 0.05) is 43.3 Å². The quantitative estimate of drug-likeness (QED) is 0.786. The Balaban J connectivity index is 1.43. The molecule has 5 heteroatoms. The van der Waals surface area contributed by atoms with Gasteiger partial charge >= 0.3 is 0 Å². The number of rotatable bonds is 5. The number of benzene rings is 1. The van der Waals surface area contributed by atoms with Gasteiger partial charge in [-0.15, -0.1) is 0 Å². The minimum Gasteiger partial charge on any atom is -0.329 e. The maximum absolute atomic E-state index is 4.60. The number of aromatic nitrogens is 4. The SMILES string of the molecule is c1ccc(Cn2ccnc2CN2CCC[C@H](c3ccn[nH]3)C2)cc1. The molecule has 1 atom stereocenters. The van der Waals surface area contributed by atoms with Gasteiger partial charge in [0.2, 0.25) is 0 Å². The van der Waals surface area contributed by atoms with Crippen molar-refractivity contribution in [1.29, 1.82) is 0 Å². The van der Waals surface area contributed by atoms with E-state index >= 15 is 0 Å². The smallest absolute Gasteiger partial charge is 0.123 e. The largest absolute Gasteiger partial charge is 0.329 e. The van der Waals surface area contributed by atoms with Crippen LogP contribution in [0, 0.1) is 0 Å². The molecule has 1 N–H and O–H groups in total. The Morgan fingerprint density at radius 3 is 2.83 bits per heavy atom. The third-order valence-corrected chi connectivity index (χ3v) is 4.83.